The standard InChI is InChI=1S/C22H30F2N2O3/c23-20-12-17(29-8-3-16-11-18(16)15-1-4-25-5-2-15)13-21(24)19(20)14-22(27)26-6-9-28-10-7-26/h12-13,15-16,18,25H,1-11,14H2. The van der Waals surface area contributed by atoms with Crippen molar-refractivity contribution in [1.29, 1.82) is 0 Å². The minimum atomic E-state index is -0.722. The van der Waals surface area contributed by atoms with E-state index in [2.05, 4.69) is 5.32 Å². The highest BCUT2D eigenvalue weighted by molar-refractivity contribution is 5.79. The highest BCUT2D eigenvalue weighted by atomic mass is 19.1. The Bertz CT molecular complexity index is 695. The van der Waals surface area contributed by atoms with Gasteiger partial charge >= 0.3 is 0 Å². The lowest BCUT2D eigenvalue weighted by Crippen LogP contribution is -2.41. The van der Waals surface area contributed by atoms with Gasteiger partial charge in [-0.05, 0) is 56.5 Å². The fourth-order valence-electron chi connectivity index (χ4n) is 4.69. The molecule has 4 rings (SSSR count). The zero-order valence-corrected chi connectivity index (χ0v) is 16.8. The monoisotopic (exact) mass is 408 g/mol. The van der Waals surface area contributed by atoms with Crippen LogP contribution in [0.25, 0.3) is 0 Å². The van der Waals surface area contributed by atoms with Crippen molar-refractivity contribution in [3.8, 4) is 5.75 Å². The maximum atomic E-state index is 14.4. The zero-order chi connectivity index (χ0) is 20.2. The van der Waals surface area contributed by atoms with Gasteiger partial charge in [-0.2, -0.15) is 0 Å². The van der Waals surface area contributed by atoms with E-state index in [0.717, 1.165) is 31.3 Å². The van der Waals surface area contributed by atoms with Crippen LogP contribution in [0, 0.1) is 29.4 Å². The van der Waals surface area contributed by atoms with E-state index in [1.165, 1.54) is 31.4 Å². The van der Waals surface area contributed by atoms with Gasteiger partial charge in [-0.25, -0.2) is 8.78 Å². The van der Waals surface area contributed by atoms with Crippen LogP contribution >= 0.6 is 0 Å². The average Bonchev–Trinajstić information content (AvgIpc) is 3.51. The lowest BCUT2D eigenvalue weighted by Gasteiger charge is -2.27. The van der Waals surface area contributed by atoms with Crippen LogP contribution in [-0.2, 0) is 16.0 Å². The van der Waals surface area contributed by atoms with E-state index in [9.17, 15) is 13.6 Å². The molecule has 7 heteroatoms. The third kappa shape index (κ3) is 5.25. The van der Waals surface area contributed by atoms with Gasteiger partial charge in [0.2, 0.25) is 5.91 Å². The summed E-state index contributed by atoms with van der Waals surface area (Å²) in [5, 5.41) is 3.40. The minimum absolute atomic E-state index is 0.193. The molecule has 1 amide bonds. The number of rotatable bonds is 7. The second-order valence-electron chi connectivity index (χ2n) is 8.42. The number of halogens is 2. The highest BCUT2D eigenvalue weighted by Gasteiger charge is 2.42. The molecule has 160 valence electrons. The van der Waals surface area contributed by atoms with Crippen molar-refractivity contribution in [2.24, 2.45) is 17.8 Å². The Hall–Kier alpha value is -1.73. The van der Waals surface area contributed by atoms with Gasteiger partial charge in [-0.15, -0.1) is 0 Å². The number of hydrogen-bond donors (Lipinski definition) is 1. The Morgan fingerprint density at radius 3 is 2.55 bits per heavy atom. The van der Waals surface area contributed by atoms with Crippen LogP contribution in [0.3, 0.4) is 0 Å². The molecule has 1 aliphatic carbocycles. The maximum Gasteiger partial charge on any atom is 0.227 e. The number of morpholine rings is 1. The van der Waals surface area contributed by atoms with Crippen molar-refractivity contribution in [2.75, 3.05) is 46.0 Å². The van der Waals surface area contributed by atoms with Gasteiger partial charge in [0.15, 0.2) is 0 Å². The fourth-order valence-corrected chi connectivity index (χ4v) is 4.69. The Kier molecular flexibility index (Phi) is 6.65. The number of carbonyl (C=O) groups excluding carboxylic acids is 1. The molecule has 2 unspecified atom stereocenters. The topological polar surface area (TPSA) is 50.8 Å². The molecule has 0 spiro atoms. The molecule has 3 fully saturated rings. The molecule has 2 atom stereocenters. The summed E-state index contributed by atoms with van der Waals surface area (Å²) in [7, 11) is 0. The zero-order valence-electron chi connectivity index (χ0n) is 16.8. The molecule has 2 heterocycles. The molecular formula is C22H30F2N2O3. The summed E-state index contributed by atoms with van der Waals surface area (Å²) in [5.41, 5.74) is -0.193. The minimum Gasteiger partial charge on any atom is -0.493 e. The van der Waals surface area contributed by atoms with Crippen LogP contribution in [0.15, 0.2) is 12.1 Å². The maximum absolute atomic E-state index is 14.4. The van der Waals surface area contributed by atoms with Crippen LogP contribution in [-0.4, -0.2) is 56.8 Å². The van der Waals surface area contributed by atoms with Gasteiger partial charge in [0.25, 0.3) is 0 Å². The van der Waals surface area contributed by atoms with E-state index in [4.69, 9.17) is 9.47 Å². The van der Waals surface area contributed by atoms with Crippen LogP contribution in [0.1, 0.15) is 31.2 Å². The smallest absolute Gasteiger partial charge is 0.227 e. The molecule has 1 saturated carbocycles. The SMILES string of the molecule is O=C(Cc1c(F)cc(OCCC2CC2C2CCNCC2)cc1F)N1CCOCC1. The van der Waals surface area contributed by atoms with Crippen LogP contribution in [0.5, 0.6) is 5.75 Å². The Morgan fingerprint density at radius 1 is 1.17 bits per heavy atom. The van der Waals surface area contributed by atoms with Crippen LogP contribution < -0.4 is 10.1 Å². The quantitative estimate of drug-likeness (QED) is 0.754. The first-order chi connectivity index (χ1) is 14.1. The molecule has 0 bridgehead atoms. The summed E-state index contributed by atoms with van der Waals surface area (Å²) in [4.78, 5) is 13.9. The van der Waals surface area contributed by atoms with Crippen molar-refractivity contribution in [3.63, 3.8) is 0 Å². The van der Waals surface area contributed by atoms with E-state index in [1.807, 2.05) is 0 Å². The van der Waals surface area contributed by atoms with Crippen molar-refractivity contribution >= 4 is 5.91 Å². The molecule has 0 aromatic heterocycles. The van der Waals surface area contributed by atoms with Crippen molar-refractivity contribution in [1.82, 2.24) is 10.2 Å². The molecule has 2 aliphatic heterocycles. The highest BCUT2D eigenvalue weighted by Crippen LogP contribution is 2.49. The van der Waals surface area contributed by atoms with E-state index in [-0.39, 0.29) is 23.6 Å². The summed E-state index contributed by atoms with van der Waals surface area (Å²) in [6, 6.07) is 2.39. The summed E-state index contributed by atoms with van der Waals surface area (Å²) < 4.78 is 39.7. The molecule has 1 N–H and O–H groups in total. The Labute approximate surface area is 170 Å². The molecule has 0 radical (unpaired) electrons. The Morgan fingerprint density at radius 2 is 1.86 bits per heavy atom. The van der Waals surface area contributed by atoms with E-state index >= 15 is 0 Å². The molecular weight excluding hydrogens is 378 g/mol. The third-order valence-corrected chi connectivity index (χ3v) is 6.53. The summed E-state index contributed by atoms with van der Waals surface area (Å²) >= 11 is 0. The molecule has 3 aliphatic rings. The van der Waals surface area contributed by atoms with E-state index < -0.39 is 11.6 Å². The predicted octanol–water partition coefficient (Wildman–Crippen LogP) is 2.77. The number of hydrogen-bond acceptors (Lipinski definition) is 4. The first-order valence-electron chi connectivity index (χ1n) is 10.8. The molecule has 5 nitrogen and oxygen atoms in total. The first-order valence-corrected chi connectivity index (χ1v) is 10.8. The van der Waals surface area contributed by atoms with Crippen molar-refractivity contribution in [3.05, 3.63) is 29.3 Å². The molecule has 1 aromatic rings. The summed E-state index contributed by atoms with van der Waals surface area (Å²) in [6.07, 6.45) is 4.40. The van der Waals surface area contributed by atoms with Crippen molar-refractivity contribution in [2.45, 2.75) is 32.1 Å². The lowest BCUT2D eigenvalue weighted by atomic mass is 9.91. The van der Waals surface area contributed by atoms with E-state index in [0.29, 0.717) is 38.8 Å². The number of piperidine rings is 1. The number of nitrogens with one attached hydrogen (secondary N) is 1. The summed E-state index contributed by atoms with van der Waals surface area (Å²) in [5.74, 6) is 0.765. The van der Waals surface area contributed by atoms with E-state index in [1.54, 1.807) is 4.90 Å². The van der Waals surface area contributed by atoms with Crippen LogP contribution in [0.4, 0.5) is 8.78 Å². The Balaban J connectivity index is 1.25. The second-order valence-corrected chi connectivity index (χ2v) is 8.42. The predicted molar refractivity (Wildman–Crippen MR) is 105 cm³/mol. The number of amides is 1. The fraction of sp³-hybridized carbons (Fsp3) is 0.682. The van der Waals surface area contributed by atoms with Crippen molar-refractivity contribution < 1.29 is 23.0 Å². The number of benzene rings is 1. The number of carbonyl (C=O) groups is 1. The third-order valence-electron chi connectivity index (χ3n) is 6.53. The molecule has 2 saturated heterocycles. The lowest BCUT2D eigenvalue weighted by molar-refractivity contribution is -0.134. The largest absolute Gasteiger partial charge is 0.493 e. The van der Waals surface area contributed by atoms with Gasteiger partial charge < -0.3 is 19.7 Å². The molecule has 1 aromatic carbocycles. The average molecular weight is 408 g/mol. The van der Waals surface area contributed by atoms with Gasteiger partial charge in [0.05, 0.1) is 26.2 Å². The number of ether oxygens (including phenoxy) is 2. The van der Waals surface area contributed by atoms with Crippen LogP contribution in [0.2, 0.25) is 0 Å². The normalized spacial score (nSPS) is 25.1. The van der Waals surface area contributed by atoms with Gasteiger partial charge in [0.1, 0.15) is 17.4 Å². The van der Waals surface area contributed by atoms with Gasteiger partial charge in [-0.3, -0.25) is 4.79 Å². The van der Waals surface area contributed by atoms with Gasteiger partial charge in [0, 0.05) is 30.8 Å². The van der Waals surface area contributed by atoms with Gasteiger partial charge in [-0.1, -0.05) is 0 Å². The summed E-state index contributed by atoms with van der Waals surface area (Å²) in [6.45, 7) is 4.54. The first kappa shape index (κ1) is 20.5. The second kappa shape index (κ2) is 9.39. The molecule has 29 heavy (non-hydrogen) atoms. The number of nitrogens with zero attached hydrogens (tertiary/aromatic N) is 1.